The molecule has 0 radical (unpaired) electrons. The Kier molecular flexibility index (Phi) is 4.50. The number of nitrogens with one attached hydrogen (secondary N) is 1. The molecule has 0 aliphatic rings. The van der Waals surface area contributed by atoms with E-state index in [1.165, 1.54) is 7.11 Å². The maximum atomic E-state index is 14.1. The molecule has 1 unspecified atom stereocenters. The number of benzene rings is 1. The molecule has 102 valence electrons. The lowest BCUT2D eigenvalue weighted by Crippen LogP contribution is -2.19. The molecule has 0 aliphatic carbocycles. The molecule has 19 heavy (non-hydrogen) atoms. The Labute approximate surface area is 116 Å². The van der Waals surface area contributed by atoms with E-state index in [2.05, 4.69) is 10.3 Å². The Balaban J connectivity index is 2.23. The standard InChI is InChI=1S/C14H17FN2OS/c1-9-17-12(8-19-9)11(16-2)7-10-5-4-6-13(18-3)14(10)15/h4-6,8,11,16H,7H2,1-3H3. The van der Waals surface area contributed by atoms with Crippen LogP contribution in [0.4, 0.5) is 4.39 Å². The lowest BCUT2D eigenvalue weighted by molar-refractivity contribution is 0.382. The van der Waals surface area contributed by atoms with Gasteiger partial charge in [-0.3, -0.25) is 0 Å². The number of likely N-dealkylation sites (N-methyl/N-ethyl adjacent to an activating group) is 1. The van der Waals surface area contributed by atoms with Gasteiger partial charge in [0, 0.05) is 5.38 Å². The number of aromatic nitrogens is 1. The van der Waals surface area contributed by atoms with Gasteiger partial charge in [-0.1, -0.05) is 12.1 Å². The zero-order valence-electron chi connectivity index (χ0n) is 11.2. The summed E-state index contributed by atoms with van der Waals surface area (Å²) in [6.07, 6.45) is 0.544. The number of nitrogens with zero attached hydrogens (tertiary/aromatic N) is 1. The summed E-state index contributed by atoms with van der Waals surface area (Å²) in [7, 11) is 3.33. The number of thiazole rings is 1. The molecular weight excluding hydrogens is 263 g/mol. The molecule has 1 N–H and O–H groups in total. The van der Waals surface area contributed by atoms with Gasteiger partial charge in [0.15, 0.2) is 11.6 Å². The number of aryl methyl sites for hydroxylation is 1. The van der Waals surface area contributed by atoms with Crippen LogP contribution >= 0.6 is 11.3 Å². The molecule has 0 aliphatic heterocycles. The van der Waals surface area contributed by atoms with Crippen molar-refractivity contribution < 1.29 is 9.13 Å². The van der Waals surface area contributed by atoms with E-state index in [1.807, 2.05) is 19.4 Å². The second-order valence-corrected chi connectivity index (χ2v) is 5.33. The lowest BCUT2D eigenvalue weighted by Gasteiger charge is -2.15. The minimum absolute atomic E-state index is 0.00607. The Morgan fingerprint density at radius 1 is 1.47 bits per heavy atom. The van der Waals surface area contributed by atoms with E-state index in [4.69, 9.17) is 4.74 Å². The largest absolute Gasteiger partial charge is 0.494 e. The summed E-state index contributed by atoms with van der Waals surface area (Å²) in [6, 6.07) is 5.21. The fourth-order valence-electron chi connectivity index (χ4n) is 1.99. The summed E-state index contributed by atoms with van der Waals surface area (Å²) in [5, 5.41) is 6.21. The number of methoxy groups -OCH3 is 1. The molecule has 1 aromatic carbocycles. The van der Waals surface area contributed by atoms with E-state index >= 15 is 0 Å². The monoisotopic (exact) mass is 280 g/mol. The number of halogens is 1. The zero-order chi connectivity index (χ0) is 13.8. The smallest absolute Gasteiger partial charge is 0.168 e. The third kappa shape index (κ3) is 3.11. The first kappa shape index (κ1) is 14.0. The van der Waals surface area contributed by atoms with Crippen LogP contribution < -0.4 is 10.1 Å². The minimum atomic E-state index is -0.294. The van der Waals surface area contributed by atoms with Crippen molar-refractivity contribution in [2.45, 2.75) is 19.4 Å². The van der Waals surface area contributed by atoms with E-state index in [1.54, 1.807) is 29.5 Å². The van der Waals surface area contributed by atoms with E-state index in [-0.39, 0.29) is 17.6 Å². The van der Waals surface area contributed by atoms with Gasteiger partial charge in [-0.05, 0) is 32.0 Å². The molecule has 3 nitrogen and oxygen atoms in total. The highest BCUT2D eigenvalue weighted by Gasteiger charge is 2.17. The van der Waals surface area contributed by atoms with Gasteiger partial charge < -0.3 is 10.1 Å². The Hall–Kier alpha value is -1.46. The van der Waals surface area contributed by atoms with Crippen molar-refractivity contribution in [1.29, 1.82) is 0 Å². The predicted octanol–water partition coefficient (Wildman–Crippen LogP) is 3.10. The molecule has 0 saturated carbocycles. The molecule has 1 aromatic heterocycles. The summed E-state index contributed by atoms with van der Waals surface area (Å²) in [5.41, 5.74) is 1.58. The zero-order valence-corrected chi connectivity index (χ0v) is 12.1. The first-order chi connectivity index (χ1) is 9.15. The maximum absolute atomic E-state index is 14.1. The van der Waals surface area contributed by atoms with Crippen LogP contribution in [0.3, 0.4) is 0 Å². The Morgan fingerprint density at radius 2 is 2.26 bits per heavy atom. The molecule has 2 aromatic rings. The molecule has 0 spiro atoms. The van der Waals surface area contributed by atoms with Crippen LogP contribution in [0.5, 0.6) is 5.75 Å². The first-order valence-corrected chi connectivity index (χ1v) is 6.94. The summed E-state index contributed by atoms with van der Waals surface area (Å²) in [5.74, 6) is -0.0148. The average Bonchev–Trinajstić information content (AvgIpc) is 2.84. The van der Waals surface area contributed by atoms with Gasteiger partial charge in [0.25, 0.3) is 0 Å². The number of hydrogen-bond acceptors (Lipinski definition) is 4. The summed E-state index contributed by atoms with van der Waals surface area (Å²) in [4.78, 5) is 4.45. The van der Waals surface area contributed by atoms with Crippen molar-refractivity contribution in [3.8, 4) is 5.75 Å². The molecule has 0 fully saturated rings. The Bertz CT molecular complexity index is 556. The number of hydrogen-bond donors (Lipinski definition) is 1. The third-order valence-electron chi connectivity index (χ3n) is 3.03. The van der Waals surface area contributed by atoms with Crippen LogP contribution in [0, 0.1) is 12.7 Å². The minimum Gasteiger partial charge on any atom is -0.494 e. The van der Waals surface area contributed by atoms with Crippen LogP contribution in [0.1, 0.15) is 22.3 Å². The van der Waals surface area contributed by atoms with E-state index in [0.717, 1.165) is 10.7 Å². The van der Waals surface area contributed by atoms with Gasteiger partial charge in [-0.15, -0.1) is 11.3 Å². The van der Waals surface area contributed by atoms with Gasteiger partial charge >= 0.3 is 0 Å². The number of ether oxygens (including phenoxy) is 1. The van der Waals surface area contributed by atoms with Crippen LogP contribution in [0.2, 0.25) is 0 Å². The first-order valence-electron chi connectivity index (χ1n) is 6.06. The average molecular weight is 280 g/mol. The molecule has 0 bridgehead atoms. The van der Waals surface area contributed by atoms with Crippen molar-refractivity contribution >= 4 is 11.3 Å². The van der Waals surface area contributed by atoms with Crippen molar-refractivity contribution in [2.24, 2.45) is 0 Å². The molecule has 0 amide bonds. The summed E-state index contributed by atoms with van der Waals surface area (Å²) in [6.45, 7) is 1.97. The van der Waals surface area contributed by atoms with E-state index in [9.17, 15) is 4.39 Å². The highest BCUT2D eigenvalue weighted by atomic mass is 32.1. The van der Waals surface area contributed by atoms with Crippen LogP contribution in [0.15, 0.2) is 23.6 Å². The van der Waals surface area contributed by atoms with Crippen molar-refractivity contribution in [1.82, 2.24) is 10.3 Å². The molecule has 0 saturated heterocycles. The molecule has 1 atom stereocenters. The topological polar surface area (TPSA) is 34.1 Å². The van der Waals surface area contributed by atoms with E-state index < -0.39 is 0 Å². The summed E-state index contributed by atoms with van der Waals surface area (Å²) < 4.78 is 19.1. The second kappa shape index (κ2) is 6.12. The van der Waals surface area contributed by atoms with Gasteiger partial charge in [0.2, 0.25) is 0 Å². The van der Waals surface area contributed by atoms with Crippen molar-refractivity contribution in [3.05, 3.63) is 45.7 Å². The summed E-state index contributed by atoms with van der Waals surface area (Å²) >= 11 is 1.60. The van der Waals surface area contributed by atoms with Crippen molar-refractivity contribution in [3.63, 3.8) is 0 Å². The van der Waals surface area contributed by atoms with Gasteiger partial charge in [0.05, 0.1) is 23.9 Å². The number of rotatable bonds is 5. The molecular formula is C14H17FN2OS. The third-order valence-corrected chi connectivity index (χ3v) is 3.82. The van der Waals surface area contributed by atoms with Crippen LogP contribution in [-0.2, 0) is 6.42 Å². The highest BCUT2D eigenvalue weighted by Crippen LogP contribution is 2.25. The van der Waals surface area contributed by atoms with Crippen LogP contribution in [0.25, 0.3) is 0 Å². The van der Waals surface area contributed by atoms with Crippen LogP contribution in [-0.4, -0.2) is 19.1 Å². The van der Waals surface area contributed by atoms with Crippen molar-refractivity contribution in [2.75, 3.05) is 14.2 Å². The second-order valence-electron chi connectivity index (χ2n) is 4.27. The fraction of sp³-hybridized carbons (Fsp3) is 0.357. The molecule has 2 rings (SSSR count). The van der Waals surface area contributed by atoms with E-state index in [0.29, 0.717) is 12.0 Å². The lowest BCUT2D eigenvalue weighted by atomic mass is 10.0. The van der Waals surface area contributed by atoms with Gasteiger partial charge in [0.1, 0.15) is 0 Å². The quantitative estimate of drug-likeness (QED) is 0.914. The van der Waals surface area contributed by atoms with Gasteiger partial charge in [-0.2, -0.15) is 0 Å². The SMILES string of the molecule is CNC(Cc1cccc(OC)c1F)c1csc(C)n1. The maximum Gasteiger partial charge on any atom is 0.168 e. The highest BCUT2D eigenvalue weighted by molar-refractivity contribution is 7.09. The van der Waals surface area contributed by atoms with Gasteiger partial charge in [-0.25, -0.2) is 9.37 Å². The molecule has 1 heterocycles. The predicted molar refractivity (Wildman–Crippen MR) is 75.3 cm³/mol. The molecule has 5 heteroatoms. The fourth-order valence-corrected chi connectivity index (χ4v) is 2.65. The normalized spacial score (nSPS) is 12.4. The Morgan fingerprint density at radius 3 is 2.84 bits per heavy atom.